The van der Waals surface area contributed by atoms with E-state index in [1.165, 1.54) is 16.7 Å². The van der Waals surface area contributed by atoms with Crippen LogP contribution in [0.3, 0.4) is 0 Å². The maximum Gasteiger partial charge on any atom is 0.439 e. The summed E-state index contributed by atoms with van der Waals surface area (Å²) in [6, 6.07) is 9.23. The predicted molar refractivity (Wildman–Crippen MR) is 128 cm³/mol. The van der Waals surface area contributed by atoms with Gasteiger partial charge in [-0.3, -0.25) is 14.1 Å². The molecule has 0 spiro atoms. The highest BCUT2D eigenvalue weighted by Gasteiger charge is 2.38. The Hall–Kier alpha value is -2.47. The Kier molecular flexibility index (Phi) is 6.50. The van der Waals surface area contributed by atoms with Crippen LogP contribution in [0, 0.1) is 0 Å². The molecule has 2 aromatic heterocycles. The minimum absolute atomic E-state index is 0.0468. The van der Waals surface area contributed by atoms with Gasteiger partial charge in [-0.2, -0.15) is 0 Å². The molecule has 2 N–H and O–H groups in total. The molecule has 11 heteroatoms. The van der Waals surface area contributed by atoms with Gasteiger partial charge in [0, 0.05) is 10.4 Å². The molecule has 1 aliphatic heterocycles. The summed E-state index contributed by atoms with van der Waals surface area (Å²) in [5.41, 5.74) is 0.370. The molecule has 33 heavy (non-hydrogen) atoms. The van der Waals surface area contributed by atoms with E-state index in [1.807, 2.05) is 51.1 Å². The van der Waals surface area contributed by atoms with E-state index in [1.54, 1.807) is 6.08 Å². The lowest BCUT2D eigenvalue weighted by Crippen LogP contribution is -2.46. The standard InChI is InChI=1S/C22H24N4O5P.Al.2H/c1-22(2,3)19-16(23-14-26(19)32(29)30-10-7-11-31-32)13-18-21(28)24-17(20(27)25-18)12-15-8-5-4-6-9-15;;;/h4-6,8-10,12-14H,7,11H2,1-3H3,(H,24,28)(H,25,27);;;/b17-12-,18-13-;;;. The van der Waals surface area contributed by atoms with Gasteiger partial charge in [-0.15, -0.1) is 0 Å². The van der Waals surface area contributed by atoms with Crippen molar-refractivity contribution in [2.24, 2.45) is 0 Å². The molecular weight excluding hydrogens is 458 g/mol. The van der Waals surface area contributed by atoms with Crippen molar-refractivity contribution in [3.63, 3.8) is 0 Å². The zero-order valence-electron chi connectivity index (χ0n) is 19.0. The zero-order valence-corrected chi connectivity index (χ0v) is 21.9. The van der Waals surface area contributed by atoms with Crippen LogP contribution in [0.5, 0.6) is 0 Å². The van der Waals surface area contributed by atoms with Crippen LogP contribution in [0.2, 0.25) is 0 Å². The molecule has 9 nitrogen and oxygen atoms in total. The highest BCUT2D eigenvalue weighted by atomic mass is 31.2. The van der Waals surface area contributed by atoms with Crippen molar-refractivity contribution in [2.45, 2.75) is 37.6 Å². The van der Waals surface area contributed by atoms with Crippen molar-refractivity contribution < 1.29 is 13.6 Å². The normalized spacial score (nSPS) is 22.6. The summed E-state index contributed by atoms with van der Waals surface area (Å²) in [7, 11) is -3.60. The Labute approximate surface area is 198 Å². The maximum absolute atomic E-state index is 13.5. The molecule has 0 bridgehead atoms. The van der Waals surface area contributed by atoms with E-state index in [0.29, 0.717) is 24.4 Å². The number of imidazole rings is 1. The van der Waals surface area contributed by atoms with Crippen molar-refractivity contribution in [3.05, 3.63) is 85.0 Å². The number of aromatic amines is 2. The van der Waals surface area contributed by atoms with Crippen molar-refractivity contribution in [2.75, 3.05) is 6.61 Å². The second kappa shape index (κ2) is 9.05. The molecule has 2 atom stereocenters. The average molecular weight is 484 g/mol. The van der Waals surface area contributed by atoms with Crippen LogP contribution in [0.15, 0.2) is 46.2 Å². The lowest BCUT2D eigenvalue weighted by atomic mass is 9.90. The van der Waals surface area contributed by atoms with Gasteiger partial charge in [0.15, 0.2) is 0 Å². The third-order valence-corrected chi connectivity index (χ3v) is 8.40. The van der Waals surface area contributed by atoms with Gasteiger partial charge < -0.3 is 14.5 Å². The number of hydrogen-bond donors (Lipinski definition) is 2. The van der Waals surface area contributed by atoms with Crippen LogP contribution in [-0.4, -0.2) is 47.2 Å². The second-order valence-corrected chi connectivity index (χ2v) is 12.1. The Morgan fingerprint density at radius 3 is 2.36 bits per heavy atom. The summed E-state index contributed by atoms with van der Waals surface area (Å²) in [6.45, 7) is 6.17. The fraction of sp³-hybridized carbons (Fsp3) is 0.318. The van der Waals surface area contributed by atoms with E-state index in [4.69, 9.17) is 9.05 Å². The van der Waals surface area contributed by atoms with Gasteiger partial charge >= 0.3 is 7.75 Å². The first-order valence-electron chi connectivity index (χ1n) is 10.7. The topological polar surface area (TPSA) is 119 Å². The number of nitrogens with zero attached hydrogens (tertiary/aromatic N) is 2. The van der Waals surface area contributed by atoms with Crippen LogP contribution < -0.4 is 21.8 Å². The summed E-state index contributed by atoms with van der Waals surface area (Å²) in [4.78, 5) is 35.0. The van der Waals surface area contributed by atoms with Gasteiger partial charge in [0.05, 0.1) is 18.0 Å². The van der Waals surface area contributed by atoms with Crippen LogP contribution >= 0.6 is 7.75 Å². The summed E-state index contributed by atoms with van der Waals surface area (Å²) < 4.78 is 26.2. The molecule has 3 heterocycles. The molecule has 3 aromatic rings. The molecule has 1 saturated heterocycles. The van der Waals surface area contributed by atoms with E-state index < -0.39 is 24.3 Å². The van der Waals surface area contributed by atoms with E-state index in [2.05, 4.69) is 15.0 Å². The minimum atomic E-state index is -3.60. The first kappa shape index (κ1) is 23.7. The van der Waals surface area contributed by atoms with E-state index in [9.17, 15) is 14.2 Å². The molecule has 2 unspecified atom stereocenters. The van der Waals surface area contributed by atoms with Crippen molar-refractivity contribution >= 4 is 36.2 Å². The summed E-state index contributed by atoms with van der Waals surface area (Å²) in [5.74, 6) is 0. The van der Waals surface area contributed by atoms with Crippen LogP contribution in [0.1, 0.15) is 44.1 Å². The number of hydrogen-bond acceptors (Lipinski definition) is 6. The van der Waals surface area contributed by atoms with Gasteiger partial charge in [0.25, 0.3) is 27.4 Å². The van der Waals surface area contributed by atoms with E-state index >= 15 is 0 Å². The van der Waals surface area contributed by atoms with E-state index in [-0.39, 0.29) is 15.7 Å². The average Bonchev–Trinajstić information content (AvgIpc) is 3.17. The van der Waals surface area contributed by atoms with E-state index in [0.717, 1.165) is 21.9 Å². The third-order valence-electron chi connectivity index (χ3n) is 5.22. The van der Waals surface area contributed by atoms with Gasteiger partial charge in [0.1, 0.15) is 17.0 Å². The number of H-pyrrole nitrogens is 2. The summed E-state index contributed by atoms with van der Waals surface area (Å²) in [5, 5.41) is 0.196. The third kappa shape index (κ3) is 5.06. The fourth-order valence-corrected chi connectivity index (χ4v) is 6.72. The number of aromatic nitrogens is 4. The molecule has 0 radical (unpaired) electrons. The molecule has 0 amide bonds. The first-order chi connectivity index (χ1) is 15.6. The Bertz CT molecular complexity index is 1450. The molecule has 1 aromatic carbocycles. The molecule has 172 valence electrons. The summed E-state index contributed by atoms with van der Waals surface area (Å²) >= 11 is 0.731. The quantitative estimate of drug-likeness (QED) is 0.415. The van der Waals surface area contributed by atoms with Crippen molar-refractivity contribution in [1.29, 1.82) is 0 Å². The Morgan fingerprint density at radius 2 is 1.76 bits per heavy atom. The van der Waals surface area contributed by atoms with Crippen LogP contribution in [0.4, 0.5) is 0 Å². The lowest BCUT2D eigenvalue weighted by molar-refractivity contribution is 0.118. The number of nitrogens with one attached hydrogen (secondary N) is 2. The van der Waals surface area contributed by atoms with Crippen molar-refractivity contribution in [1.82, 2.24) is 19.3 Å². The van der Waals surface area contributed by atoms with Gasteiger partial charge in [-0.05, 0) is 24.1 Å². The zero-order chi connectivity index (χ0) is 23.8. The Morgan fingerprint density at radius 1 is 1.12 bits per heavy atom. The van der Waals surface area contributed by atoms with Gasteiger partial charge in [-0.25, -0.2) is 13.9 Å². The highest BCUT2D eigenvalue weighted by Crippen LogP contribution is 2.55. The fourth-order valence-electron chi connectivity index (χ4n) is 3.68. The van der Waals surface area contributed by atoms with Crippen LogP contribution in [0.25, 0.3) is 12.2 Å². The van der Waals surface area contributed by atoms with Gasteiger partial charge in [-0.1, -0.05) is 51.1 Å². The molecule has 0 saturated carbocycles. The highest BCUT2D eigenvalue weighted by molar-refractivity contribution is 7.52. The smallest absolute Gasteiger partial charge is 0.316 e. The molecule has 4 rings (SSSR count). The molecule has 1 aliphatic rings. The first-order valence-corrected chi connectivity index (χ1v) is 13.3. The second-order valence-electron chi connectivity index (χ2n) is 9.01. The molecular formula is C22H26AlN4O5P. The maximum atomic E-state index is 13.5. The van der Waals surface area contributed by atoms with Crippen molar-refractivity contribution in [3.8, 4) is 0 Å². The largest absolute Gasteiger partial charge is 0.439 e. The Balaban J connectivity index is 1.85. The molecule has 1 fully saturated rings. The number of benzene rings is 1. The molecule has 0 aliphatic carbocycles. The van der Waals surface area contributed by atoms with Gasteiger partial charge in [0.2, 0.25) is 0 Å². The number of rotatable bonds is 3. The van der Waals surface area contributed by atoms with Crippen LogP contribution in [-0.2, 0) is 19.0 Å². The predicted octanol–water partition coefficient (Wildman–Crippen LogP) is 0.567. The lowest BCUT2D eigenvalue weighted by Gasteiger charge is -2.31. The summed E-state index contributed by atoms with van der Waals surface area (Å²) in [6.07, 6.45) is 5.21. The minimum Gasteiger partial charge on any atom is -0.316 e. The monoisotopic (exact) mass is 484 g/mol. The SMILES string of the molecule is CC(C)(C)c1c(/C=c2\[nH]c(=O)/c(=C/c3ccccc3)[nH]c2=O)ncn1P1(=O)OCC[CH]([AlH2])O1.